The van der Waals surface area contributed by atoms with Crippen LogP contribution in [-0.4, -0.2) is 27.5 Å². The van der Waals surface area contributed by atoms with Crippen molar-refractivity contribution in [3.8, 4) is 0 Å². The minimum absolute atomic E-state index is 0.168. The maximum atomic E-state index is 12.6. The third-order valence-corrected chi connectivity index (χ3v) is 6.46. The van der Waals surface area contributed by atoms with Crippen LogP contribution in [-0.2, 0) is 10.0 Å². The van der Waals surface area contributed by atoms with E-state index in [0.29, 0.717) is 17.1 Å². The minimum Gasteiger partial charge on any atom is -0.367 e. The molecule has 0 amide bonds. The summed E-state index contributed by atoms with van der Waals surface area (Å²) in [5.74, 6) is 0. The molecule has 1 fully saturated rings. The second-order valence-corrected chi connectivity index (χ2v) is 8.18. The summed E-state index contributed by atoms with van der Waals surface area (Å²) >= 11 is 6.05. The molecule has 0 saturated carbocycles. The lowest BCUT2D eigenvalue weighted by Crippen LogP contribution is -2.40. The maximum Gasteiger partial charge on any atom is 0.240 e. The van der Waals surface area contributed by atoms with Crippen molar-refractivity contribution in [2.75, 3.05) is 18.0 Å². The zero-order valence-electron chi connectivity index (χ0n) is 13.6. The van der Waals surface area contributed by atoms with E-state index in [1.807, 2.05) is 18.2 Å². The number of benzene rings is 2. The summed E-state index contributed by atoms with van der Waals surface area (Å²) in [6.07, 6.45) is 2.05. The summed E-state index contributed by atoms with van der Waals surface area (Å²) in [5, 5.41) is 0.463. The Kier molecular flexibility index (Phi) is 5.13. The number of anilines is 1. The molecule has 0 bridgehead atoms. The zero-order valence-corrected chi connectivity index (χ0v) is 15.1. The Morgan fingerprint density at radius 1 is 1.17 bits per heavy atom. The molecule has 4 nitrogen and oxygen atoms in total. The van der Waals surface area contributed by atoms with Crippen molar-refractivity contribution in [1.29, 1.82) is 0 Å². The zero-order chi connectivity index (χ0) is 17.2. The highest BCUT2D eigenvalue weighted by molar-refractivity contribution is 7.89. The summed E-state index contributed by atoms with van der Waals surface area (Å²) in [6, 6.07) is 15.2. The molecule has 1 aliphatic rings. The molecular weight excluding hydrogens is 344 g/mol. The van der Waals surface area contributed by atoms with E-state index in [-0.39, 0.29) is 10.9 Å². The first kappa shape index (κ1) is 17.3. The Bertz CT molecular complexity index is 809. The molecule has 0 spiro atoms. The van der Waals surface area contributed by atoms with Gasteiger partial charge in [0.15, 0.2) is 0 Å². The minimum atomic E-state index is -3.57. The van der Waals surface area contributed by atoms with Crippen LogP contribution in [0.4, 0.5) is 5.69 Å². The molecule has 2 aromatic carbocycles. The van der Waals surface area contributed by atoms with Gasteiger partial charge in [-0.3, -0.25) is 0 Å². The predicted molar refractivity (Wildman–Crippen MR) is 98.2 cm³/mol. The van der Waals surface area contributed by atoms with Gasteiger partial charge in [-0.15, -0.1) is 0 Å². The molecule has 1 heterocycles. The number of hydrogen-bond acceptors (Lipinski definition) is 3. The molecule has 3 rings (SSSR count). The monoisotopic (exact) mass is 364 g/mol. The Morgan fingerprint density at radius 2 is 1.92 bits per heavy atom. The van der Waals surface area contributed by atoms with Crippen LogP contribution in [0.25, 0.3) is 0 Å². The van der Waals surface area contributed by atoms with E-state index in [0.717, 1.165) is 25.1 Å². The smallest absolute Gasteiger partial charge is 0.240 e. The summed E-state index contributed by atoms with van der Waals surface area (Å²) in [5.41, 5.74) is 1.72. The van der Waals surface area contributed by atoms with Gasteiger partial charge in [-0.1, -0.05) is 35.9 Å². The van der Waals surface area contributed by atoms with Crippen molar-refractivity contribution >= 4 is 27.3 Å². The molecule has 1 aliphatic heterocycles. The van der Waals surface area contributed by atoms with Crippen LogP contribution in [0.1, 0.15) is 18.4 Å². The number of hydrogen-bond donors (Lipinski definition) is 1. The number of para-hydroxylation sites is 1. The Morgan fingerprint density at radius 3 is 2.67 bits per heavy atom. The van der Waals surface area contributed by atoms with Gasteiger partial charge < -0.3 is 4.90 Å². The standard InChI is InChI=1S/C18H21ClN2O2S/c1-14-17(19)10-5-11-18(14)24(22,23)20-13-16-9-6-12-21(16)15-7-3-2-4-8-15/h2-5,7-8,10-11,16,20H,6,9,12-13H2,1H3. The fourth-order valence-corrected chi connectivity index (χ4v) is 4.74. The second kappa shape index (κ2) is 7.13. The van der Waals surface area contributed by atoms with E-state index in [4.69, 9.17) is 11.6 Å². The fraction of sp³-hybridized carbons (Fsp3) is 0.333. The van der Waals surface area contributed by atoms with Gasteiger partial charge >= 0.3 is 0 Å². The van der Waals surface area contributed by atoms with Crippen molar-refractivity contribution in [3.63, 3.8) is 0 Å². The van der Waals surface area contributed by atoms with Gasteiger partial charge in [0.25, 0.3) is 0 Å². The molecule has 1 N–H and O–H groups in total. The van der Waals surface area contributed by atoms with E-state index in [1.54, 1.807) is 25.1 Å². The number of rotatable bonds is 5. The van der Waals surface area contributed by atoms with Crippen LogP contribution < -0.4 is 9.62 Å². The van der Waals surface area contributed by atoms with Crippen molar-refractivity contribution in [2.24, 2.45) is 0 Å². The highest BCUT2D eigenvalue weighted by atomic mass is 35.5. The molecule has 1 atom stereocenters. The average molecular weight is 365 g/mol. The molecule has 2 aromatic rings. The normalized spacial score (nSPS) is 18.1. The average Bonchev–Trinajstić information content (AvgIpc) is 3.05. The van der Waals surface area contributed by atoms with E-state index in [9.17, 15) is 8.42 Å². The summed E-state index contributed by atoms with van der Waals surface area (Å²) in [7, 11) is -3.57. The van der Waals surface area contributed by atoms with Gasteiger partial charge in [0.2, 0.25) is 10.0 Å². The third-order valence-electron chi connectivity index (χ3n) is 4.48. The van der Waals surface area contributed by atoms with Crippen molar-refractivity contribution in [2.45, 2.75) is 30.7 Å². The van der Waals surface area contributed by atoms with Gasteiger partial charge in [-0.05, 0) is 49.6 Å². The van der Waals surface area contributed by atoms with Crippen LogP contribution >= 0.6 is 11.6 Å². The Labute approximate surface area is 148 Å². The topological polar surface area (TPSA) is 49.4 Å². The molecule has 6 heteroatoms. The molecule has 24 heavy (non-hydrogen) atoms. The highest BCUT2D eigenvalue weighted by Gasteiger charge is 2.27. The van der Waals surface area contributed by atoms with Crippen LogP contribution in [0.15, 0.2) is 53.4 Å². The molecule has 128 valence electrons. The van der Waals surface area contributed by atoms with Crippen molar-refractivity contribution in [1.82, 2.24) is 4.72 Å². The van der Waals surface area contributed by atoms with Crippen LogP contribution in [0.5, 0.6) is 0 Å². The van der Waals surface area contributed by atoms with Crippen LogP contribution in [0.2, 0.25) is 5.02 Å². The summed E-state index contributed by atoms with van der Waals surface area (Å²) in [6.45, 7) is 3.07. The summed E-state index contributed by atoms with van der Waals surface area (Å²) < 4.78 is 28.0. The van der Waals surface area contributed by atoms with Gasteiger partial charge in [0.05, 0.1) is 4.90 Å². The van der Waals surface area contributed by atoms with Crippen molar-refractivity contribution < 1.29 is 8.42 Å². The Balaban J connectivity index is 1.74. The van der Waals surface area contributed by atoms with Gasteiger partial charge in [0, 0.05) is 29.8 Å². The molecule has 1 saturated heterocycles. The molecule has 0 radical (unpaired) electrons. The lowest BCUT2D eigenvalue weighted by atomic mass is 10.2. The first-order chi connectivity index (χ1) is 11.5. The number of halogens is 1. The van der Waals surface area contributed by atoms with Crippen molar-refractivity contribution in [3.05, 3.63) is 59.1 Å². The molecule has 0 aromatic heterocycles. The van der Waals surface area contributed by atoms with Gasteiger partial charge in [-0.2, -0.15) is 0 Å². The molecule has 0 aliphatic carbocycles. The van der Waals surface area contributed by atoms with Crippen LogP contribution in [0.3, 0.4) is 0 Å². The van der Waals surface area contributed by atoms with Gasteiger partial charge in [-0.25, -0.2) is 13.1 Å². The van der Waals surface area contributed by atoms with E-state index < -0.39 is 10.0 Å². The fourth-order valence-electron chi connectivity index (χ4n) is 3.17. The predicted octanol–water partition coefficient (Wildman–Crippen LogP) is 3.60. The SMILES string of the molecule is Cc1c(Cl)cccc1S(=O)(=O)NCC1CCCN1c1ccccc1. The maximum absolute atomic E-state index is 12.6. The lowest BCUT2D eigenvalue weighted by molar-refractivity contribution is 0.566. The second-order valence-electron chi connectivity index (χ2n) is 6.04. The van der Waals surface area contributed by atoms with E-state index in [2.05, 4.69) is 21.8 Å². The summed E-state index contributed by atoms with van der Waals surface area (Å²) in [4.78, 5) is 2.52. The van der Waals surface area contributed by atoms with E-state index in [1.165, 1.54) is 0 Å². The molecule has 1 unspecified atom stereocenters. The highest BCUT2D eigenvalue weighted by Crippen LogP contribution is 2.26. The van der Waals surface area contributed by atoms with Crippen LogP contribution in [0, 0.1) is 6.92 Å². The quantitative estimate of drug-likeness (QED) is 0.881. The number of sulfonamides is 1. The largest absolute Gasteiger partial charge is 0.367 e. The van der Waals surface area contributed by atoms with E-state index >= 15 is 0 Å². The van der Waals surface area contributed by atoms with Gasteiger partial charge in [0.1, 0.15) is 0 Å². The first-order valence-electron chi connectivity index (χ1n) is 8.05. The third kappa shape index (κ3) is 3.58. The Hall–Kier alpha value is -1.56. The number of nitrogens with zero attached hydrogens (tertiary/aromatic N) is 1. The molecular formula is C18H21ClN2O2S. The lowest BCUT2D eigenvalue weighted by Gasteiger charge is -2.27. The first-order valence-corrected chi connectivity index (χ1v) is 9.91. The number of nitrogens with one attached hydrogen (secondary N) is 1.